The van der Waals surface area contributed by atoms with Crippen LogP contribution < -0.4 is 0 Å². The minimum absolute atomic E-state index is 0.0198. The van der Waals surface area contributed by atoms with Crippen LogP contribution in [-0.4, -0.2) is 33.7 Å². The van der Waals surface area contributed by atoms with Crippen molar-refractivity contribution in [2.45, 2.75) is 19.3 Å². The Kier molecular flexibility index (Phi) is 3.10. The van der Waals surface area contributed by atoms with Gasteiger partial charge in [-0.05, 0) is 12.8 Å². The average Bonchev–Trinajstić information content (AvgIpc) is 2.72. The predicted molar refractivity (Wildman–Crippen MR) is 53.2 cm³/mol. The molecule has 14 heavy (non-hydrogen) atoms. The quantitative estimate of drug-likeness (QED) is 0.811. The van der Waals surface area contributed by atoms with Crippen LogP contribution in [0.3, 0.4) is 0 Å². The smallest absolute Gasteiger partial charge is 0.0749 e. The summed E-state index contributed by atoms with van der Waals surface area (Å²) >= 11 is 1.22. The van der Waals surface area contributed by atoms with Gasteiger partial charge in [0, 0.05) is 31.7 Å². The molecule has 1 aliphatic rings. The molecule has 1 aliphatic heterocycles. The first-order chi connectivity index (χ1) is 6.85. The first-order valence-corrected chi connectivity index (χ1v) is 5.53. The van der Waals surface area contributed by atoms with Crippen LogP contribution in [0.1, 0.15) is 18.5 Å². The second-order valence-corrected chi connectivity index (χ2v) is 4.40. The number of hydrogen-bond acceptors (Lipinski definition) is 5. The lowest BCUT2D eigenvalue weighted by Gasteiger charge is -2.34. The van der Waals surface area contributed by atoms with E-state index in [2.05, 4.69) is 8.75 Å². The van der Waals surface area contributed by atoms with Gasteiger partial charge in [0.05, 0.1) is 23.6 Å². The van der Waals surface area contributed by atoms with E-state index in [1.807, 2.05) is 0 Å². The van der Waals surface area contributed by atoms with E-state index in [9.17, 15) is 5.11 Å². The molecule has 78 valence electrons. The third-order valence-electron chi connectivity index (χ3n) is 2.85. The largest absolute Gasteiger partial charge is 0.396 e. The highest BCUT2D eigenvalue weighted by atomic mass is 32.1. The van der Waals surface area contributed by atoms with Crippen LogP contribution in [0.5, 0.6) is 0 Å². The molecule has 1 aromatic heterocycles. The zero-order valence-electron chi connectivity index (χ0n) is 7.98. The summed E-state index contributed by atoms with van der Waals surface area (Å²) < 4.78 is 13.5. The van der Waals surface area contributed by atoms with Gasteiger partial charge in [-0.25, -0.2) is 0 Å². The minimum Gasteiger partial charge on any atom is -0.396 e. The van der Waals surface area contributed by atoms with Crippen molar-refractivity contribution in [2.24, 2.45) is 5.41 Å². The molecular weight excluding hydrogens is 200 g/mol. The standard InChI is InChI=1S/C9H14N2O2S/c12-7-9(1-3-13-4-2-9)5-8-6-10-14-11-8/h6,12H,1-5,7H2. The Bertz CT molecular complexity index is 270. The third-order valence-corrected chi connectivity index (χ3v) is 3.37. The first-order valence-electron chi connectivity index (χ1n) is 4.80. The van der Waals surface area contributed by atoms with Crippen molar-refractivity contribution in [3.63, 3.8) is 0 Å². The van der Waals surface area contributed by atoms with Crippen LogP contribution in [0.15, 0.2) is 6.20 Å². The van der Waals surface area contributed by atoms with Crippen molar-refractivity contribution in [1.82, 2.24) is 8.75 Å². The van der Waals surface area contributed by atoms with Crippen LogP contribution in [0.25, 0.3) is 0 Å². The Labute approximate surface area is 87.2 Å². The van der Waals surface area contributed by atoms with Gasteiger partial charge in [0.25, 0.3) is 0 Å². The Balaban J connectivity index is 2.04. The summed E-state index contributed by atoms with van der Waals surface area (Å²) in [5.41, 5.74) is 0.972. The molecule has 1 saturated heterocycles. The summed E-state index contributed by atoms with van der Waals surface area (Å²) in [4.78, 5) is 0. The van der Waals surface area contributed by atoms with E-state index in [0.29, 0.717) is 0 Å². The van der Waals surface area contributed by atoms with Crippen molar-refractivity contribution >= 4 is 11.7 Å². The number of rotatable bonds is 3. The molecule has 0 bridgehead atoms. The van der Waals surface area contributed by atoms with Crippen LogP contribution in [0.2, 0.25) is 0 Å². The van der Waals surface area contributed by atoms with Gasteiger partial charge in [0.2, 0.25) is 0 Å². The van der Waals surface area contributed by atoms with Crippen molar-refractivity contribution in [1.29, 1.82) is 0 Å². The second-order valence-electron chi connectivity index (χ2n) is 3.85. The summed E-state index contributed by atoms with van der Waals surface area (Å²) in [6, 6.07) is 0. The zero-order valence-corrected chi connectivity index (χ0v) is 8.79. The van der Waals surface area contributed by atoms with Crippen LogP contribution >= 0.6 is 11.7 Å². The van der Waals surface area contributed by atoms with Gasteiger partial charge in [-0.2, -0.15) is 8.75 Å². The maximum Gasteiger partial charge on any atom is 0.0749 e. The summed E-state index contributed by atoms with van der Waals surface area (Å²) in [7, 11) is 0. The fourth-order valence-corrected chi connectivity index (χ4v) is 2.27. The molecule has 0 saturated carbocycles. The summed E-state index contributed by atoms with van der Waals surface area (Å²) in [5, 5.41) is 9.44. The Morgan fingerprint density at radius 3 is 2.86 bits per heavy atom. The third kappa shape index (κ3) is 2.10. The van der Waals surface area contributed by atoms with Gasteiger partial charge in [0.1, 0.15) is 0 Å². The Hall–Kier alpha value is -0.520. The SMILES string of the molecule is OCC1(Cc2cnsn2)CCOCC1. The second kappa shape index (κ2) is 4.33. The van der Waals surface area contributed by atoms with Gasteiger partial charge in [-0.3, -0.25) is 0 Å². The van der Waals surface area contributed by atoms with Crippen LogP contribution in [0, 0.1) is 5.41 Å². The monoisotopic (exact) mass is 214 g/mol. The molecule has 1 N–H and O–H groups in total. The Morgan fingerprint density at radius 2 is 2.29 bits per heavy atom. The van der Waals surface area contributed by atoms with Gasteiger partial charge < -0.3 is 9.84 Å². The lowest BCUT2D eigenvalue weighted by atomic mass is 9.77. The fourth-order valence-electron chi connectivity index (χ4n) is 1.84. The van der Waals surface area contributed by atoms with Crippen LogP contribution in [0.4, 0.5) is 0 Å². The number of aliphatic hydroxyl groups excluding tert-OH is 1. The number of aromatic nitrogens is 2. The van der Waals surface area contributed by atoms with E-state index < -0.39 is 0 Å². The Morgan fingerprint density at radius 1 is 1.50 bits per heavy atom. The maximum atomic E-state index is 9.44. The summed E-state index contributed by atoms with van der Waals surface area (Å²) in [6.07, 6.45) is 4.45. The lowest BCUT2D eigenvalue weighted by molar-refractivity contribution is -0.0161. The van der Waals surface area contributed by atoms with E-state index in [0.717, 1.165) is 38.2 Å². The normalized spacial score (nSPS) is 20.9. The highest BCUT2D eigenvalue weighted by Gasteiger charge is 2.32. The highest BCUT2D eigenvalue weighted by molar-refractivity contribution is 6.99. The molecule has 0 aromatic carbocycles. The molecule has 2 heterocycles. The van der Waals surface area contributed by atoms with Gasteiger partial charge in [-0.15, -0.1) is 0 Å². The molecule has 0 amide bonds. The van der Waals surface area contributed by atoms with Gasteiger partial charge in [0.15, 0.2) is 0 Å². The average molecular weight is 214 g/mol. The number of hydrogen-bond donors (Lipinski definition) is 1. The molecule has 0 aliphatic carbocycles. The number of aliphatic hydroxyl groups is 1. The fraction of sp³-hybridized carbons (Fsp3) is 0.778. The minimum atomic E-state index is -0.0198. The molecule has 5 heteroatoms. The van der Waals surface area contributed by atoms with E-state index in [4.69, 9.17) is 4.74 Å². The van der Waals surface area contributed by atoms with Crippen molar-refractivity contribution in [3.8, 4) is 0 Å². The van der Waals surface area contributed by atoms with Crippen LogP contribution in [-0.2, 0) is 11.2 Å². The molecule has 0 spiro atoms. The van der Waals surface area contributed by atoms with Crippen molar-refractivity contribution < 1.29 is 9.84 Å². The van der Waals surface area contributed by atoms with Crippen molar-refractivity contribution in [3.05, 3.63) is 11.9 Å². The zero-order chi connectivity index (χ0) is 9.86. The molecule has 4 nitrogen and oxygen atoms in total. The molecule has 1 fully saturated rings. The number of ether oxygens (including phenoxy) is 1. The topological polar surface area (TPSA) is 55.2 Å². The lowest BCUT2D eigenvalue weighted by Crippen LogP contribution is -2.35. The molecule has 0 radical (unpaired) electrons. The molecular formula is C9H14N2O2S. The maximum absolute atomic E-state index is 9.44. The molecule has 0 atom stereocenters. The van der Waals surface area contributed by atoms with E-state index in [-0.39, 0.29) is 12.0 Å². The molecule has 1 aromatic rings. The van der Waals surface area contributed by atoms with E-state index >= 15 is 0 Å². The van der Waals surface area contributed by atoms with E-state index in [1.165, 1.54) is 11.7 Å². The highest BCUT2D eigenvalue weighted by Crippen LogP contribution is 2.33. The predicted octanol–water partition coefficient (Wildman–Crippen LogP) is 0.870. The van der Waals surface area contributed by atoms with Gasteiger partial charge >= 0.3 is 0 Å². The first kappa shape index (κ1) is 10.0. The van der Waals surface area contributed by atoms with E-state index in [1.54, 1.807) is 6.20 Å². The number of nitrogens with zero attached hydrogens (tertiary/aromatic N) is 2. The van der Waals surface area contributed by atoms with Crippen molar-refractivity contribution in [2.75, 3.05) is 19.8 Å². The summed E-state index contributed by atoms with van der Waals surface area (Å²) in [5.74, 6) is 0. The summed E-state index contributed by atoms with van der Waals surface area (Å²) in [6.45, 7) is 1.71. The molecule has 0 unspecified atom stereocenters. The molecule has 2 rings (SSSR count). The van der Waals surface area contributed by atoms with Gasteiger partial charge in [-0.1, -0.05) is 0 Å².